The minimum atomic E-state index is 0.140. The molecule has 1 aromatic heterocycles. The highest BCUT2D eigenvalue weighted by molar-refractivity contribution is 5.39. The fraction of sp³-hybridized carbons (Fsp3) is 0.700. The van der Waals surface area contributed by atoms with Crippen LogP contribution >= 0.6 is 0 Å². The summed E-state index contributed by atoms with van der Waals surface area (Å²) in [6.07, 6.45) is 4.43. The quantitative estimate of drug-likeness (QED) is 0.770. The Balaban J connectivity index is 2.81. The number of anilines is 2. The van der Waals surface area contributed by atoms with E-state index in [4.69, 9.17) is 11.5 Å². The molecular formula is C10H19N5. The van der Waals surface area contributed by atoms with Crippen molar-refractivity contribution in [2.45, 2.75) is 45.4 Å². The van der Waals surface area contributed by atoms with E-state index in [1.54, 1.807) is 0 Å². The van der Waals surface area contributed by atoms with Crippen LogP contribution in [0.25, 0.3) is 0 Å². The van der Waals surface area contributed by atoms with Crippen LogP contribution in [0, 0.1) is 0 Å². The Labute approximate surface area is 90.3 Å². The molecule has 0 aromatic carbocycles. The van der Waals surface area contributed by atoms with Crippen LogP contribution in [0.4, 0.5) is 11.8 Å². The summed E-state index contributed by atoms with van der Waals surface area (Å²) in [4.78, 5) is 3.93. The summed E-state index contributed by atoms with van der Waals surface area (Å²) in [7, 11) is 0. The van der Waals surface area contributed by atoms with Crippen molar-refractivity contribution < 1.29 is 0 Å². The molecule has 0 aliphatic heterocycles. The molecule has 5 nitrogen and oxygen atoms in total. The molecule has 0 aliphatic carbocycles. The van der Waals surface area contributed by atoms with Gasteiger partial charge in [0.25, 0.3) is 0 Å². The number of nitrogen functional groups attached to an aromatic ring is 2. The highest BCUT2D eigenvalue weighted by Gasteiger charge is 2.15. The fourth-order valence-electron chi connectivity index (χ4n) is 1.63. The third-order valence-corrected chi connectivity index (χ3v) is 2.54. The number of aromatic nitrogens is 3. The van der Waals surface area contributed by atoms with Crippen LogP contribution in [0.1, 0.15) is 51.1 Å². The molecule has 0 fully saturated rings. The Bertz CT molecular complexity index is 313. The monoisotopic (exact) mass is 209 g/mol. The topological polar surface area (TPSA) is 90.7 Å². The molecule has 15 heavy (non-hydrogen) atoms. The third-order valence-electron chi connectivity index (χ3n) is 2.54. The summed E-state index contributed by atoms with van der Waals surface area (Å²) in [5, 5.41) is 7.79. The van der Waals surface area contributed by atoms with Crippen molar-refractivity contribution in [2.75, 3.05) is 11.5 Å². The van der Waals surface area contributed by atoms with Crippen molar-refractivity contribution >= 4 is 11.8 Å². The molecular weight excluding hydrogens is 190 g/mol. The van der Waals surface area contributed by atoms with E-state index in [1.165, 1.54) is 12.8 Å². The van der Waals surface area contributed by atoms with Gasteiger partial charge >= 0.3 is 0 Å². The summed E-state index contributed by atoms with van der Waals surface area (Å²) in [5.41, 5.74) is 12.0. The van der Waals surface area contributed by atoms with Crippen molar-refractivity contribution in [2.24, 2.45) is 0 Å². The molecule has 1 heterocycles. The fourth-order valence-corrected chi connectivity index (χ4v) is 1.63. The first-order valence-corrected chi connectivity index (χ1v) is 5.44. The predicted octanol–water partition coefficient (Wildman–Crippen LogP) is 1.72. The number of hydrogen-bond donors (Lipinski definition) is 2. The van der Waals surface area contributed by atoms with E-state index in [0.717, 1.165) is 18.5 Å². The lowest BCUT2D eigenvalue weighted by Crippen LogP contribution is -2.10. The van der Waals surface area contributed by atoms with Crippen LogP contribution in [-0.2, 0) is 0 Å². The van der Waals surface area contributed by atoms with Crippen molar-refractivity contribution in [3.05, 3.63) is 5.69 Å². The van der Waals surface area contributed by atoms with Crippen LogP contribution in [0.3, 0.4) is 0 Å². The van der Waals surface area contributed by atoms with Gasteiger partial charge in [0.15, 0.2) is 5.82 Å². The molecule has 0 radical (unpaired) electrons. The van der Waals surface area contributed by atoms with Crippen molar-refractivity contribution in [1.82, 2.24) is 15.2 Å². The Hall–Kier alpha value is -1.39. The zero-order chi connectivity index (χ0) is 11.3. The van der Waals surface area contributed by atoms with Gasteiger partial charge in [-0.05, 0) is 12.8 Å². The Kier molecular flexibility index (Phi) is 4.27. The van der Waals surface area contributed by atoms with Crippen molar-refractivity contribution in [3.63, 3.8) is 0 Å². The largest absolute Gasteiger partial charge is 0.382 e. The molecule has 1 aromatic rings. The lowest BCUT2D eigenvalue weighted by atomic mass is 9.96. The lowest BCUT2D eigenvalue weighted by Gasteiger charge is -2.14. The molecule has 0 saturated heterocycles. The van der Waals surface area contributed by atoms with Crippen LogP contribution < -0.4 is 11.5 Å². The molecule has 1 rings (SSSR count). The Morgan fingerprint density at radius 2 is 1.93 bits per heavy atom. The predicted molar refractivity (Wildman–Crippen MR) is 61.2 cm³/mol. The normalized spacial score (nSPS) is 12.7. The van der Waals surface area contributed by atoms with Crippen LogP contribution in [0.15, 0.2) is 0 Å². The first-order chi connectivity index (χ1) is 7.19. The first-order valence-electron chi connectivity index (χ1n) is 5.44. The third kappa shape index (κ3) is 3.04. The van der Waals surface area contributed by atoms with Crippen molar-refractivity contribution in [1.29, 1.82) is 0 Å². The summed E-state index contributed by atoms with van der Waals surface area (Å²) >= 11 is 0. The Morgan fingerprint density at radius 3 is 2.47 bits per heavy atom. The van der Waals surface area contributed by atoms with E-state index >= 15 is 0 Å². The van der Waals surface area contributed by atoms with Gasteiger partial charge in [-0.3, -0.25) is 0 Å². The maximum absolute atomic E-state index is 5.78. The smallest absolute Gasteiger partial charge is 0.242 e. The van der Waals surface area contributed by atoms with Crippen LogP contribution in [0.5, 0.6) is 0 Å². The molecule has 0 aliphatic rings. The van der Waals surface area contributed by atoms with Crippen LogP contribution in [-0.4, -0.2) is 15.2 Å². The highest BCUT2D eigenvalue weighted by atomic mass is 15.2. The molecule has 0 bridgehead atoms. The molecule has 0 amide bonds. The lowest BCUT2D eigenvalue weighted by molar-refractivity contribution is 0.551. The maximum Gasteiger partial charge on any atom is 0.242 e. The van der Waals surface area contributed by atoms with E-state index in [1.807, 2.05) is 0 Å². The molecule has 4 N–H and O–H groups in total. The van der Waals surface area contributed by atoms with Gasteiger partial charge in [0.2, 0.25) is 5.95 Å². The minimum absolute atomic E-state index is 0.140. The standard InChI is InChI=1S/C10H19N5/c1-3-5-6-7(4-2)8-9(11)13-10(12)15-14-8/h7H,3-6H2,1-2H3,(H4,11,12,13,15). The van der Waals surface area contributed by atoms with Gasteiger partial charge in [-0.15, -0.1) is 10.2 Å². The zero-order valence-corrected chi connectivity index (χ0v) is 9.40. The summed E-state index contributed by atoms with van der Waals surface area (Å²) < 4.78 is 0. The molecule has 1 unspecified atom stereocenters. The number of nitrogens with zero attached hydrogens (tertiary/aromatic N) is 3. The minimum Gasteiger partial charge on any atom is -0.382 e. The average Bonchev–Trinajstić information content (AvgIpc) is 2.21. The van der Waals surface area contributed by atoms with Gasteiger partial charge in [-0.25, -0.2) is 0 Å². The van der Waals surface area contributed by atoms with Gasteiger partial charge < -0.3 is 11.5 Å². The van der Waals surface area contributed by atoms with Gasteiger partial charge in [-0.1, -0.05) is 26.7 Å². The number of rotatable bonds is 5. The van der Waals surface area contributed by atoms with Gasteiger partial charge in [0.05, 0.1) is 0 Å². The summed E-state index contributed by atoms with van der Waals surface area (Å²) in [6.45, 7) is 4.29. The maximum atomic E-state index is 5.78. The first kappa shape index (κ1) is 11.7. The van der Waals surface area contributed by atoms with E-state index in [-0.39, 0.29) is 5.95 Å². The second-order valence-corrected chi connectivity index (χ2v) is 3.69. The summed E-state index contributed by atoms with van der Waals surface area (Å²) in [5.74, 6) is 0.914. The van der Waals surface area contributed by atoms with Gasteiger partial charge in [0, 0.05) is 5.92 Å². The Morgan fingerprint density at radius 1 is 1.20 bits per heavy atom. The number of unbranched alkanes of at least 4 members (excludes halogenated alkanes) is 1. The average molecular weight is 209 g/mol. The van der Waals surface area contributed by atoms with E-state index in [9.17, 15) is 0 Å². The van der Waals surface area contributed by atoms with E-state index in [0.29, 0.717) is 11.7 Å². The zero-order valence-electron chi connectivity index (χ0n) is 9.40. The second-order valence-electron chi connectivity index (χ2n) is 3.69. The van der Waals surface area contributed by atoms with Gasteiger partial charge in [0.1, 0.15) is 5.69 Å². The number of nitrogens with two attached hydrogens (primary N) is 2. The second kappa shape index (κ2) is 5.48. The van der Waals surface area contributed by atoms with Crippen molar-refractivity contribution in [3.8, 4) is 0 Å². The molecule has 5 heteroatoms. The molecule has 0 saturated carbocycles. The van der Waals surface area contributed by atoms with E-state index in [2.05, 4.69) is 29.0 Å². The molecule has 1 atom stereocenters. The summed E-state index contributed by atoms with van der Waals surface area (Å²) in [6, 6.07) is 0. The molecule has 84 valence electrons. The highest BCUT2D eigenvalue weighted by Crippen LogP contribution is 2.26. The SMILES string of the molecule is CCCCC(CC)c1nnc(N)nc1N. The number of hydrogen-bond acceptors (Lipinski definition) is 5. The van der Waals surface area contributed by atoms with E-state index < -0.39 is 0 Å². The van der Waals surface area contributed by atoms with Gasteiger partial charge in [-0.2, -0.15) is 4.98 Å². The molecule has 0 spiro atoms. The van der Waals surface area contributed by atoms with Crippen LogP contribution in [0.2, 0.25) is 0 Å².